The fraction of sp³-hybridized carbons (Fsp3) is 0.0952. The third-order valence-electron chi connectivity index (χ3n) is 4.84. The van der Waals surface area contributed by atoms with Crippen LogP contribution in [-0.2, 0) is 6.42 Å². The van der Waals surface area contributed by atoms with Crippen LogP contribution in [0.3, 0.4) is 0 Å². The molecule has 0 atom stereocenters. The Morgan fingerprint density at radius 2 is 1.90 bits per heavy atom. The summed E-state index contributed by atoms with van der Waals surface area (Å²) in [5.74, 6) is 0. The van der Waals surface area contributed by atoms with Crippen molar-refractivity contribution in [2.24, 2.45) is 0 Å². The number of rotatable bonds is 3. The minimum atomic E-state index is -0.263. The fourth-order valence-corrected chi connectivity index (χ4v) is 3.68. The van der Waals surface area contributed by atoms with Crippen LogP contribution in [-0.4, -0.2) is 29.4 Å². The van der Waals surface area contributed by atoms with E-state index in [1.54, 1.807) is 35.2 Å². The van der Waals surface area contributed by atoms with E-state index < -0.39 is 0 Å². The molecule has 5 aromatic rings. The predicted molar refractivity (Wildman–Crippen MR) is 112 cm³/mol. The molecule has 0 N–H and O–H groups in total. The van der Waals surface area contributed by atoms with E-state index in [1.807, 2.05) is 37.3 Å². The van der Waals surface area contributed by atoms with Crippen LogP contribution in [0.1, 0.15) is 12.6 Å². The van der Waals surface area contributed by atoms with E-state index in [-0.39, 0.29) is 11.1 Å². The number of hydrogen-bond donors (Lipinski definition) is 0. The summed E-state index contributed by atoms with van der Waals surface area (Å²) in [6.07, 6.45) is 5.70. The lowest BCUT2D eigenvalue weighted by molar-refractivity contribution is 0.886. The van der Waals surface area contributed by atoms with Crippen LogP contribution in [0.5, 0.6) is 0 Å². The molecule has 0 fully saturated rings. The molecule has 0 radical (unpaired) electrons. The highest BCUT2D eigenvalue weighted by Gasteiger charge is 2.19. The van der Waals surface area contributed by atoms with E-state index >= 15 is 0 Å². The number of nitrogens with zero attached hydrogens (tertiary/aromatic N) is 6. The molecule has 0 aliphatic heterocycles. The largest absolute Gasteiger partial charge is 0.285 e. The number of aromatic nitrogens is 6. The van der Waals surface area contributed by atoms with E-state index in [2.05, 4.69) is 15.2 Å². The lowest BCUT2D eigenvalue weighted by Gasteiger charge is -2.07. The summed E-state index contributed by atoms with van der Waals surface area (Å²) < 4.78 is 3.21. The van der Waals surface area contributed by atoms with Gasteiger partial charge in [-0.25, -0.2) is 4.52 Å². The molecule has 1 aromatic carbocycles. The van der Waals surface area contributed by atoms with Crippen molar-refractivity contribution in [2.45, 2.75) is 13.3 Å². The first-order valence-corrected chi connectivity index (χ1v) is 9.51. The molecule has 0 bridgehead atoms. The number of fused-ring (bicyclic) bond motifs is 3. The maximum absolute atomic E-state index is 13.0. The molecule has 0 aliphatic carbocycles. The van der Waals surface area contributed by atoms with Gasteiger partial charge in [-0.2, -0.15) is 5.10 Å². The summed E-state index contributed by atoms with van der Waals surface area (Å²) in [4.78, 5) is 17.0. The van der Waals surface area contributed by atoms with Crippen LogP contribution in [0.15, 0.2) is 65.8 Å². The Labute approximate surface area is 170 Å². The first-order chi connectivity index (χ1) is 14.2. The quantitative estimate of drug-likeness (QED) is 0.459. The minimum Gasteiger partial charge on any atom is -0.282 e. The topological polar surface area (TPSA) is 78.0 Å². The van der Waals surface area contributed by atoms with Crippen LogP contribution in [0, 0.1) is 0 Å². The first kappa shape index (κ1) is 17.5. The Bertz CT molecular complexity index is 1420. The van der Waals surface area contributed by atoms with Gasteiger partial charge in [0.1, 0.15) is 5.52 Å². The summed E-state index contributed by atoms with van der Waals surface area (Å²) in [6.45, 7) is 2.03. The van der Waals surface area contributed by atoms with Crippen LogP contribution in [0.4, 0.5) is 0 Å². The number of hydrogen-bond acceptors (Lipinski definition) is 5. The smallest absolute Gasteiger partial charge is 0.282 e. The van der Waals surface area contributed by atoms with Crippen LogP contribution >= 0.6 is 11.6 Å². The molecule has 142 valence electrons. The fourth-order valence-electron chi connectivity index (χ4n) is 3.49. The van der Waals surface area contributed by atoms with E-state index in [9.17, 15) is 4.79 Å². The Hall–Kier alpha value is -3.58. The number of halogens is 1. The van der Waals surface area contributed by atoms with Crippen molar-refractivity contribution in [2.75, 3.05) is 0 Å². The van der Waals surface area contributed by atoms with Gasteiger partial charge >= 0.3 is 0 Å². The van der Waals surface area contributed by atoms with Crippen LogP contribution in [0.2, 0.25) is 5.02 Å². The summed E-state index contributed by atoms with van der Waals surface area (Å²) in [6, 6.07) is 12.9. The van der Waals surface area contributed by atoms with E-state index in [0.29, 0.717) is 28.3 Å². The van der Waals surface area contributed by atoms with Gasteiger partial charge in [0, 0.05) is 23.6 Å². The molecule has 0 unspecified atom stereocenters. The molecule has 0 amide bonds. The molecule has 29 heavy (non-hydrogen) atoms. The average molecular weight is 403 g/mol. The molecule has 4 aromatic heterocycles. The van der Waals surface area contributed by atoms with Crippen molar-refractivity contribution in [3.05, 3.63) is 82.1 Å². The van der Waals surface area contributed by atoms with Crippen molar-refractivity contribution >= 4 is 28.3 Å². The highest BCUT2D eigenvalue weighted by atomic mass is 35.5. The van der Waals surface area contributed by atoms with Gasteiger partial charge in [-0.05, 0) is 42.3 Å². The van der Waals surface area contributed by atoms with Crippen molar-refractivity contribution in [3.8, 4) is 16.8 Å². The van der Waals surface area contributed by atoms with Gasteiger partial charge in [-0.3, -0.25) is 14.3 Å². The zero-order valence-electron chi connectivity index (χ0n) is 15.5. The average Bonchev–Trinajstić information content (AvgIpc) is 3.14. The number of aryl methyl sites for hydroxylation is 1. The molecule has 4 heterocycles. The van der Waals surface area contributed by atoms with Crippen molar-refractivity contribution in [1.29, 1.82) is 0 Å². The number of benzene rings is 1. The molecule has 5 rings (SSSR count). The van der Waals surface area contributed by atoms with Gasteiger partial charge in [0.2, 0.25) is 0 Å². The second-order valence-corrected chi connectivity index (χ2v) is 6.99. The zero-order valence-corrected chi connectivity index (χ0v) is 16.2. The van der Waals surface area contributed by atoms with Crippen molar-refractivity contribution < 1.29 is 0 Å². The second kappa shape index (κ2) is 6.79. The first-order valence-electron chi connectivity index (χ1n) is 9.13. The summed E-state index contributed by atoms with van der Waals surface area (Å²) in [5, 5.41) is 14.0. The molecular weight excluding hydrogens is 388 g/mol. The third-order valence-corrected chi connectivity index (χ3v) is 5.08. The molecule has 0 aliphatic rings. The molecule has 0 saturated carbocycles. The normalized spacial score (nSPS) is 11.4. The lowest BCUT2D eigenvalue weighted by Crippen LogP contribution is -2.20. The van der Waals surface area contributed by atoms with E-state index in [4.69, 9.17) is 16.7 Å². The zero-order chi connectivity index (χ0) is 20.0. The SMILES string of the molecule is CCc1nn2c(nnc3c(=O)n(-c4ccncc4)ccc32)c1-c1cccc(Cl)c1. The van der Waals surface area contributed by atoms with Gasteiger partial charge in [-0.1, -0.05) is 30.7 Å². The van der Waals surface area contributed by atoms with Gasteiger partial charge in [-0.15, -0.1) is 10.2 Å². The molecule has 7 nitrogen and oxygen atoms in total. The Morgan fingerprint density at radius 1 is 1.07 bits per heavy atom. The van der Waals surface area contributed by atoms with Crippen molar-refractivity contribution in [3.63, 3.8) is 0 Å². The third kappa shape index (κ3) is 2.78. The Morgan fingerprint density at radius 3 is 2.66 bits per heavy atom. The lowest BCUT2D eigenvalue weighted by atomic mass is 10.0. The van der Waals surface area contributed by atoms with Gasteiger partial charge in [0.25, 0.3) is 5.56 Å². The summed E-state index contributed by atoms with van der Waals surface area (Å²) in [5.41, 5.74) is 4.56. The van der Waals surface area contributed by atoms with Gasteiger partial charge < -0.3 is 0 Å². The van der Waals surface area contributed by atoms with Crippen LogP contribution in [0.25, 0.3) is 33.5 Å². The maximum atomic E-state index is 13.0. The van der Waals surface area contributed by atoms with Gasteiger partial charge in [0.05, 0.1) is 16.9 Å². The molecule has 8 heteroatoms. The van der Waals surface area contributed by atoms with Crippen molar-refractivity contribution in [1.82, 2.24) is 29.4 Å². The molecule has 0 spiro atoms. The highest BCUT2D eigenvalue weighted by Crippen LogP contribution is 2.30. The highest BCUT2D eigenvalue weighted by molar-refractivity contribution is 6.30. The Kier molecular flexibility index (Phi) is 4.10. The molecule has 0 saturated heterocycles. The minimum absolute atomic E-state index is 0.250. The summed E-state index contributed by atoms with van der Waals surface area (Å²) >= 11 is 6.19. The Balaban J connectivity index is 1.80. The van der Waals surface area contributed by atoms with Gasteiger partial charge in [0.15, 0.2) is 11.2 Å². The summed E-state index contributed by atoms with van der Waals surface area (Å²) in [7, 11) is 0. The standard InChI is InChI=1S/C21H15ClN6O/c1-2-16-18(13-4-3-5-14(22)12-13)20-25-24-19-17(28(20)26-16)8-11-27(21(19)29)15-6-9-23-10-7-15/h3-12H,2H2,1H3. The maximum Gasteiger partial charge on any atom is 0.285 e. The van der Waals surface area contributed by atoms with E-state index in [1.165, 1.54) is 4.57 Å². The predicted octanol–water partition coefficient (Wildman–Crippen LogP) is 3.71. The number of pyridine rings is 2. The van der Waals surface area contributed by atoms with E-state index in [0.717, 1.165) is 16.8 Å². The van der Waals surface area contributed by atoms with Crippen LogP contribution < -0.4 is 5.56 Å². The second-order valence-electron chi connectivity index (χ2n) is 6.55. The monoisotopic (exact) mass is 402 g/mol. The molecular formula is C21H15ClN6O.